The van der Waals surface area contributed by atoms with Crippen molar-refractivity contribution in [2.45, 2.75) is 36.6 Å². The molecule has 3 N–H and O–H groups in total. The molecule has 1 aromatic heterocycles. The van der Waals surface area contributed by atoms with Crippen LogP contribution in [0.25, 0.3) is 0 Å². The van der Waals surface area contributed by atoms with E-state index in [0.717, 1.165) is 28.6 Å². The number of amides is 2. The molecule has 0 saturated heterocycles. The molecule has 0 fully saturated rings. The zero-order valence-corrected chi connectivity index (χ0v) is 21.8. The van der Waals surface area contributed by atoms with Crippen LogP contribution in [0.2, 0.25) is 0 Å². The number of benzene rings is 2. The normalized spacial score (nSPS) is 15.6. The summed E-state index contributed by atoms with van der Waals surface area (Å²) in [5.41, 5.74) is -2.94. The lowest BCUT2D eigenvalue weighted by molar-refractivity contribution is -0.242. The summed E-state index contributed by atoms with van der Waals surface area (Å²) in [6.07, 6.45) is -4.33. The molecule has 2 aromatic carbocycles. The van der Waals surface area contributed by atoms with Gasteiger partial charge in [0.2, 0.25) is 5.60 Å². The van der Waals surface area contributed by atoms with Gasteiger partial charge in [0.1, 0.15) is 17.7 Å². The van der Waals surface area contributed by atoms with Gasteiger partial charge in [-0.15, -0.1) is 0 Å². The van der Waals surface area contributed by atoms with Crippen LogP contribution in [0.15, 0.2) is 59.8 Å². The molecular formula is C24H23F4N5O6S. The molecule has 0 saturated carbocycles. The van der Waals surface area contributed by atoms with E-state index in [-0.39, 0.29) is 40.9 Å². The Morgan fingerprint density at radius 1 is 1.18 bits per heavy atom. The Labute approximate surface area is 225 Å². The number of carbonyl (C=O) groups excluding carboxylic acids is 2. The first-order chi connectivity index (χ1) is 18.7. The molecule has 1 aliphatic heterocycles. The van der Waals surface area contributed by atoms with Gasteiger partial charge >= 0.3 is 12.3 Å². The van der Waals surface area contributed by atoms with Gasteiger partial charge < -0.3 is 19.8 Å². The maximum Gasteiger partial charge on any atom is 0.427 e. The van der Waals surface area contributed by atoms with Crippen molar-refractivity contribution in [3.63, 3.8) is 0 Å². The van der Waals surface area contributed by atoms with E-state index in [1.54, 1.807) is 0 Å². The van der Waals surface area contributed by atoms with Gasteiger partial charge in [-0.05, 0) is 56.3 Å². The van der Waals surface area contributed by atoms with E-state index in [1.165, 1.54) is 30.6 Å². The minimum atomic E-state index is -4.84. The van der Waals surface area contributed by atoms with Crippen molar-refractivity contribution in [1.82, 2.24) is 15.3 Å². The van der Waals surface area contributed by atoms with Crippen molar-refractivity contribution in [3.8, 4) is 5.75 Å². The van der Waals surface area contributed by atoms with Crippen LogP contribution < -0.4 is 19.7 Å². The van der Waals surface area contributed by atoms with E-state index in [9.17, 15) is 35.6 Å². The highest BCUT2D eigenvalue weighted by molar-refractivity contribution is 7.92. The predicted octanol–water partition coefficient (Wildman–Crippen LogP) is 3.82. The molecule has 0 unspecified atom stereocenters. The number of hydrogen-bond acceptors (Lipinski definition) is 7. The molecule has 11 nitrogen and oxygen atoms in total. The number of nitrogens with zero attached hydrogens (tertiary/aromatic N) is 2. The van der Waals surface area contributed by atoms with Crippen LogP contribution in [0.3, 0.4) is 0 Å². The third-order valence-electron chi connectivity index (χ3n) is 5.77. The number of ether oxygens (including phenoxy) is 2. The predicted molar refractivity (Wildman–Crippen MR) is 133 cm³/mol. The average Bonchev–Trinajstić information content (AvgIpc) is 3.41. The third kappa shape index (κ3) is 6.11. The fourth-order valence-corrected chi connectivity index (χ4v) is 5.07. The maximum atomic E-state index is 13.6. The highest BCUT2D eigenvalue weighted by Gasteiger charge is 2.51. The molecule has 1 atom stereocenters. The lowest BCUT2D eigenvalue weighted by atomic mass is 10.1. The first-order valence-corrected chi connectivity index (χ1v) is 13.0. The number of H-pyrrole nitrogens is 1. The number of hydrogen-bond donors (Lipinski definition) is 3. The molecule has 4 rings (SSSR count). The molecule has 3 aromatic rings. The fourth-order valence-electron chi connectivity index (χ4n) is 3.57. The lowest BCUT2D eigenvalue weighted by Gasteiger charge is -2.35. The molecule has 0 aliphatic carbocycles. The zero-order chi connectivity index (χ0) is 29.3. The Bertz CT molecular complexity index is 1490. The van der Waals surface area contributed by atoms with Crippen LogP contribution in [-0.4, -0.2) is 61.4 Å². The van der Waals surface area contributed by atoms with Gasteiger partial charge in [-0.3, -0.25) is 14.4 Å². The first kappa shape index (κ1) is 28.7. The molecule has 40 heavy (non-hydrogen) atoms. The minimum Gasteiger partial charge on any atom is -0.484 e. The van der Waals surface area contributed by atoms with Crippen molar-refractivity contribution in [1.29, 1.82) is 0 Å². The van der Waals surface area contributed by atoms with Crippen LogP contribution in [0.5, 0.6) is 5.75 Å². The molecule has 16 heteroatoms. The number of imidazole rings is 1. The third-order valence-corrected chi connectivity index (χ3v) is 7.57. The van der Waals surface area contributed by atoms with Crippen molar-refractivity contribution in [2.75, 3.05) is 22.7 Å². The van der Waals surface area contributed by atoms with Crippen LogP contribution >= 0.6 is 0 Å². The molecule has 214 valence electrons. The first-order valence-electron chi connectivity index (χ1n) is 11.6. The minimum absolute atomic E-state index is 0.0308. The summed E-state index contributed by atoms with van der Waals surface area (Å²) in [6.45, 7) is 0.900. The SMILES string of the molecule is CC(C)(OC(=O)Nc1ccc2c(c1)N(S(=O)(=O)c1ccc(F)cc1)C[C@H](CNC(=O)c1ncc[nH]1)O2)C(F)(F)F. The fraction of sp³-hybridized carbons (Fsp3) is 0.292. The molecule has 0 radical (unpaired) electrons. The average molecular weight is 586 g/mol. The molecule has 2 amide bonds. The van der Waals surface area contributed by atoms with E-state index in [4.69, 9.17) is 4.74 Å². The van der Waals surface area contributed by atoms with Gasteiger partial charge in [-0.2, -0.15) is 13.2 Å². The van der Waals surface area contributed by atoms with E-state index in [0.29, 0.717) is 13.8 Å². The summed E-state index contributed by atoms with van der Waals surface area (Å²) in [5.74, 6) is -1.16. The number of sulfonamides is 1. The van der Waals surface area contributed by atoms with E-state index < -0.39 is 45.7 Å². The second kappa shape index (κ2) is 10.7. The monoisotopic (exact) mass is 585 g/mol. The Hall–Kier alpha value is -4.34. The van der Waals surface area contributed by atoms with Gasteiger partial charge in [-0.25, -0.2) is 22.6 Å². The number of rotatable bonds is 7. The summed E-state index contributed by atoms with van der Waals surface area (Å²) < 4.78 is 91.2. The number of nitrogens with one attached hydrogen (secondary N) is 3. The highest BCUT2D eigenvalue weighted by Crippen LogP contribution is 2.39. The van der Waals surface area contributed by atoms with Gasteiger partial charge in [0, 0.05) is 18.1 Å². The van der Waals surface area contributed by atoms with Crippen molar-refractivity contribution < 1.29 is 45.0 Å². The number of anilines is 2. The largest absolute Gasteiger partial charge is 0.484 e. The Morgan fingerprint density at radius 3 is 2.50 bits per heavy atom. The van der Waals surface area contributed by atoms with Gasteiger partial charge in [0.25, 0.3) is 15.9 Å². The number of carbonyl (C=O) groups is 2. The molecule has 1 aliphatic rings. The maximum absolute atomic E-state index is 13.6. The lowest BCUT2D eigenvalue weighted by Crippen LogP contribution is -2.48. The van der Waals surface area contributed by atoms with E-state index in [2.05, 4.69) is 25.3 Å². The Kier molecular flexibility index (Phi) is 7.65. The summed E-state index contributed by atoms with van der Waals surface area (Å²) in [5, 5.41) is 4.73. The van der Waals surface area contributed by atoms with Crippen LogP contribution in [0.1, 0.15) is 24.5 Å². The number of halogens is 4. The van der Waals surface area contributed by atoms with E-state index in [1.807, 2.05) is 0 Å². The number of aromatic amines is 1. The van der Waals surface area contributed by atoms with Crippen LogP contribution in [0.4, 0.5) is 33.7 Å². The second-order valence-electron chi connectivity index (χ2n) is 9.08. The van der Waals surface area contributed by atoms with Gasteiger partial charge in [-0.1, -0.05) is 0 Å². The van der Waals surface area contributed by atoms with Crippen molar-refractivity contribution in [3.05, 3.63) is 66.5 Å². The zero-order valence-electron chi connectivity index (χ0n) is 21.0. The van der Waals surface area contributed by atoms with Crippen LogP contribution in [-0.2, 0) is 14.8 Å². The van der Waals surface area contributed by atoms with Gasteiger partial charge in [0.15, 0.2) is 5.82 Å². The topological polar surface area (TPSA) is 143 Å². The van der Waals surface area contributed by atoms with E-state index >= 15 is 0 Å². The number of fused-ring (bicyclic) bond motifs is 1. The standard InChI is InChI=1S/C24H23F4N5O6S/c1-23(2,24(26,27)28)39-22(35)32-15-5-8-19-18(11-15)33(40(36,37)17-6-3-14(25)4-7-17)13-16(38-19)12-31-21(34)20-29-9-10-30-20/h3-11,16H,12-13H2,1-2H3,(H,29,30)(H,31,34)(H,32,35)/t16-/m0/s1. The summed E-state index contributed by atoms with van der Waals surface area (Å²) >= 11 is 0. The molecular weight excluding hydrogens is 562 g/mol. The smallest absolute Gasteiger partial charge is 0.427 e. The second-order valence-corrected chi connectivity index (χ2v) is 10.9. The summed E-state index contributed by atoms with van der Waals surface area (Å²) in [7, 11) is -4.34. The quantitative estimate of drug-likeness (QED) is 0.358. The number of alkyl halides is 3. The Morgan fingerprint density at radius 2 is 1.88 bits per heavy atom. The highest BCUT2D eigenvalue weighted by atomic mass is 32.2. The summed E-state index contributed by atoms with van der Waals surface area (Å²) in [4.78, 5) is 30.7. The van der Waals surface area contributed by atoms with Crippen molar-refractivity contribution >= 4 is 33.4 Å². The Balaban J connectivity index is 1.62. The summed E-state index contributed by atoms with van der Waals surface area (Å²) in [6, 6.07) is 7.80. The molecule has 0 spiro atoms. The van der Waals surface area contributed by atoms with Crippen LogP contribution in [0, 0.1) is 5.82 Å². The molecule has 0 bridgehead atoms. The van der Waals surface area contributed by atoms with Gasteiger partial charge in [0.05, 0.1) is 23.7 Å². The number of aromatic nitrogens is 2. The molecule has 2 heterocycles. The van der Waals surface area contributed by atoms with Crippen molar-refractivity contribution in [2.24, 2.45) is 0 Å².